The van der Waals surface area contributed by atoms with Gasteiger partial charge in [-0.2, -0.15) is 0 Å². The van der Waals surface area contributed by atoms with E-state index in [0.717, 1.165) is 30.8 Å². The normalized spacial score (nSPS) is 15.6. The summed E-state index contributed by atoms with van der Waals surface area (Å²) in [5, 5.41) is 9.93. The van der Waals surface area contributed by atoms with Crippen LogP contribution in [0.2, 0.25) is 0 Å². The summed E-state index contributed by atoms with van der Waals surface area (Å²) < 4.78 is 0. The van der Waals surface area contributed by atoms with Crippen molar-refractivity contribution in [2.45, 2.75) is 31.7 Å². The van der Waals surface area contributed by atoms with Gasteiger partial charge < -0.3 is 20.6 Å². The van der Waals surface area contributed by atoms with E-state index in [1.165, 1.54) is 11.3 Å². The van der Waals surface area contributed by atoms with E-state index in [0.29, 0.717) is 11.4 Å². The molecule has 1 fully saturated rings. The Bertz CT molecular complexity index is 469. The number of hydrogen-bond donors (Lipinski definition) is 2. The lowest BCUT2D eigenvalue weighted by molar-refractivity contribution is 0.0644. The van der Waals surface area contributed by atoms with Crippen LogP contribution in [0.4, 0.5) is 10.9 Å². The molecule has 7 heteroatoms. The quantitative estimate of drug-likeness (QED) is 0.852. The number of aliphatic hydroxyl groups is 1. The van der Waals surface area contributed by atoms with E-state index in [2.05, 4.69) is 4.98 Å². The van der Waals surface area contributed by atoms with E-state index < -0.39 is 0 Å². The first-order valence-electron chi connectivity index (χ1n) is 6.90. The van der Waals surface area contributed by atoms with Gasteiger partial charge in [0, 0.05) is 26.7 Å². The van der Waals surface area contributed by atoms with Crippen LogP contribution in [0.15, 0.2) is 0 Å². The Morgan fingerprint density at radius 3 is 2.60 bits per heavy atom. The first kappa shape index (κ1) is 15.1. The van der Waals surface area contributed by atoms with Crippen molar-refractivity contribution in [2.75, 3.05) is 37.9 Å². The number of nitrogens with zero attached hydrogens (tertiary/aromatic N) is 3. The van der Waals surface area contributed by atoms with Crippen LogP contribution < -0.4 is 10.6 Å². The molecule has 0 bridgehead atoms. The first-order chi connectivity index (χ1) is 9.54. The third-order valence-electron chi connectivity index (χ3n) is 3.59. The summed E-state index contributed by atoms with van der Waals surface area (Å²) in [5.41, 5.74) is 5.88. The number of aliphatic hydroxyl groups excluding tert-OH is 1. The number of nitrogen functional groups attached to an aromatic ring is 1. The van der Waals surface area contributed by atoms with Crippen LogP contribution in [0.1, 0.15) is 35.4 Å². The molecular formula is C13H22N4O2S. The van der Waals surface area contributed by atoms with Crippen LogP contribution in [0.25, 0.3) is 0 Å². The molecule has 3 N–H and O–H groups in total. The Labute approximate surface area is 123 Å². The standard InChI is InChI=1S/C13H22N4O2S/c1-16(2)13-15-11(14)10(20-13)12(19)17(7-8-18)9-5-3-4-6-9/h9,18H,3-8,14H2,1-2H3. The molecule has 1 amide bonds. The number of carbonyl (C=O) groups is 1. The Morgan fingerprint density at radius 2 is 2.10 bits per heavy atom. The number of anilines is 2. The summed E-state index contributed by atoms with van der Waals surface area (Å²) in [5.74, 6) is 0.179. The number of thiazole rings is 1. The molecule has 1 aromatic rings. The highest BCUT2D eigenvalue weighted by Crippen LogP contribution is 2.31. The predicted octanol–water partition coefficient (Wildman–Crippen LogP) is 1.17. The van der Waals surface area contributed by atoms with Crippen LogP contribution in [-0.2, 0) is 0 Å². The zero-order chi connectivity index (χ0) is 14.7. The van der Waals surface area contributed by atoms with Crippen molar-refractivity contribution < 1.29 is 9.90 Å². The van der Waals surface area contributed by atoms with Crippen molar-refractivity contribution >= 4 is 28.2 Å². The van der Waals surface area contributed by atoms with E-state index in [1.807, 2.05) is 19.0 Å². The van der Waals surface area contributed by atoms with Crippen molar-refractivity contribution in [1.82, 2.24) is 9.88 Å². The number of amides is 1. The van der Waals surface area contributed by atoms with Crippen molar-refractivity contribution in [3.63, 3.8) is 0 Å². The topological polar surface area (TPSA) is 82.7 Å². The number of carbonyl (C=O) groups excluding carboxylic acids is 1. The molecule has 1 heterocycles. The molecule has 2 rings (SSSR count). The zero-order valence-electron chi connectivity index (χ0n) is 12.0. The summed E-state index contributed by atoms with van der Waals surface area (Å²) in [6, 6.07) is 0.221. The smallest absolute Gasteiger partial charge is 0.268 e. The molecule has 0 aromatic carbocycles. The van der Waals surface area contributed by atoms with Gasteiger partial charge in [-0.15, -0.1) is 0 Å². The number of aromatic nitrogens is 1. The maximum Gasteiger partial charge on any atom is 0.268 e. The summed E-state index contributed by atoms with van der Waals surface area (Å²) in [4.78, 5) is 21.0. The van der Waals surface area contributed by atoms with E-state index in [9.17, 15) is 9.90 Å². The maximum absolute atomic E-state index is 12.7. The molecule has 1 saturated carbocycles. The third-order valence-corrected chi connectivity index (χ3v) is 4.81. The minimum atomic E-state index is -0.103. The van der Waals surface area contributed by atoms with Crippen LogP contribution in [-0.4, -0.2) is 54.2 Å². The summed E-state index contributed by atoms with van der Waals surface area (Å²) in [6.07, 6.45) is 4.29. The average Bonchev–Trinajstić information content (AvgIpc) is 3.04. The Morgan fingerprint density at radius 1 is 1.45 bits per heavy atom. The summed E-state index contributed by atoms with van der Waals surface area (Å²) in [6.45, 7) is 0.333. The maximum atomic E-state index is 12.7. The van der Waals surface area contributed by atoms with Gasteiger partial charge in [-0.25, -0.2) is 4.98 Å². The van der Waals surface area contributed by atoms with E-state index in [-0.39, 0.29) is 24.4 Å². The van der Waals surface area contributed by atoms with Gasteiger partial charge >= 0.3 is 0 Å². The average molecular weight is 298 g/mol. The molecule has 0 spiro atoms. The number of nitrogens with two attached hydrogens (primary N) is 1. The van der Waals surface area contributed by atoms with Crippen LogP contribution >= 0.6 is 11.3 Å². The number of hydrogen-bond acceptors (Lipinski definition) is 6. The van der Waals surface area contributed by atoms with Crippen LogP contribution in [0.5, 0.6) is 0 Å². The molecule has 0 saturated heterocycles. The molecule has 0 atom stereocenters. The van der Waals surface area contributed by atoms with E-state index in [1.54, 1.807) is 4.90 Å². The second-order valence-electron chi connectivity index (χ2n) is 5.27. The fraction of sp³-hybridized carbons (Fsp3) is 0.692. The molecule has 20 heavy (non-hydrogen) atoms. The zero-order valence-corrected chi connectivity index (χ0v) is 12.8. The lowest BCUT2D eigenvalue weighted by Gasteiger charge is -2.27. The Balaban J connectivity index is 2.22. The van der Waals surface area contributed by atoms with Crippen LogP contribution in [0.3, 0.4) is 0 Å². The second kappa shape index (κ2) is 6.41. The lowest BCUT2D eigenvalue weighted by atomic mass is 10.2. The number of rotatable bonds is 5. The minimum Gasteiger partial charge on any atom is -0.395 e. The summed E-state index contributed by atoms with van der Waals surface area (Å²) >= 11 is 1.31. The minimum absolute atomic E-state index is 0.0263. The van der Waals surface area contributed by atoms with E-state index >= 15 is 0 Å². The van der Waals surface area contributed by atoms with Gasteiger partial charge in [0.2, 0.25) is 0 Å². The molecule has 0 radical (unpaired) electrons. The van der Waals surface area contributed by atoms with Gasteiger partial charge in [-0.3, -0.25) is 4.79 Å². The van der Waals surface area contributed by atoms with Gasteiger partial charge in [0.1, 0.15) is 10.7 Å². The largest absolute Gasteiger partial charge is 0.395 e. The Kier molecular flexibility index (Phi) is 4.82. The predicted molar refractivity (Wildman–Crippen MR) is 81.2 cm³/mol. The second-order valence-corrected chi connectivity index (χ2v) is 6.24. The van der Waals surface area contributed by atoms with Crippen molar-refractivity contribution in [3.05, 3.63) is 4.88 Å². The molecule has 6 nitrogen and oxygen atoms in total. The molecule has 1 aromatic heterocycles. The molecule has 112 valence electrons. The molecule has 1 aliphatic carbocycles. The fourth-order valence-electron chi connectivity index (χ4n) is 2.57. The van der Waals surface area contributed by atoms with Gasteiger partial charge in [-0.1, -0.05) is 24.2 Å². The molecule has 1 aliphatic rings. The lowest BCUT2D eigenvalue weighted by Crippen LogP contribution is -2.40. The van der Waals surface area contributed by atoms with Gasteiger partial charge in [0.25, 0.3) is 5.91 Å². The van der Waals surface area contributed by atoms with Gasteiger partial charge in [0.05, 0.1) is 6.61 Å². The highest BCUT2D eigenvalue weighted by atomic mass is 32.1. The van der Waals surface area contributed by atoms with Crippen molar-refractivity contribution in [2.24, 2.45) is 0 Å². The fourth-order valence-corrected chi connectivity index (χ4v) is 3.43. The monoisotopic (exact) mass is 298 g/mol. The molecular weight excluding hydrogens is 276 g/mol. The van der Waals surface area contributed by atoms with Crippen molar-refractivity contribution in [1.29, 1.82) is 0 Å². The molecule has 0 aliphatic heterocycles. The van der Waals surface area contributed by atoms with Gasteiger partial charge in [0.15, 0.2) is 5.13 Å². The highest BCUT2D eigenvalue weighted by Gasteiger charge is 2.29. The Hall–Kier alpha value is -1.34. The van der Waals surface area contributed by atoms with E-state index in [4.69, 9.17) is 5.73 Å². The van der Waals surface area contributed by atoms with Gasteiger partial charge in [-0.05, 0) is 12.8 Å². The highest BCUT2D eigenvalue weighted by molar-refractivity contribution is 7.18. The molecule has 0 unspecified atom stereocenters. The summed E-state index contributed by atoms with van der Waals surface area (Å²) in [7, 11) is 3.74. The first-order valence-corrected chi connectivity index (χ1v) is 7.71. The van der Waals surface area contributed by atoms with Crippen molar-refractivity contribution in [3.8, 4) is 0 Å². The third kappa shape index (κ3) is 3.04. The SMILES string of the molecule is CN(C)c1nc(N)c(C(=O)N(CCO)C2CCCC2)s1. The van der Waals surface area contributed by atoms with Crippen LogP contribution in [0, 0.1) is 0 Å².